The van der Waals surface area contributed by atoms with Gasteiger partial charge in [0.05, 0.1) is 12.4 Å². The smallest absolute Gasteiger partial charge is 0.225 e. The van der Waals surface area contributed by atoms with Gasteiger partial charge >= 0.3 is 0 Å². The Kier molecular flexibility index (Phi) is 5.52. The number of piperidine rings is 1. The lowest BCUT2D eigenvalue weighted by Crippen LogP contribution is -2.50. The lowest BCUT2D eigenvalue weighted by molar-refractivity contribution is -0.144. The van der Waals surface area contributed by atoms with Crippen molar-refractivity contribution >= 4 is 15.9 Å². The predicted molar refractivity (Wildman–Crippen MR) is 91.9 cm³/mol. The maximum absolute atomic E-state index is 12.6. The Labute approximate surface area is 145 Å². The van der Waals surface area contributed by atoms with Crippen LogP contribution in [0.2, 0.25) is 0 Å². The molecule has 2 heterocycles. The number of nitrogens with zero attached hydrogens (tertiary/aromatic N) is 2. The third kappa shape index (κ3) is 3.94. The van der Waals surface area contributed by atoms with Crippen molar-refractivity contribution in [1.82, 2.24) is 9.21 Å². The van der Waals surface area contributed by atoms with Gasteiger partial charge in [0.25, 0.3) is 0 Å². The summed E-state index contributed by atoms with van der Waals surface area (Å²) < 4.78 is 31.9. The summed E-state index contributed by atoms with van der Waals surface area (Å²) in [5.74, 6) is 1.54. The molecule has 0 N–H and O–H groups in total. The molecule has 1 aliphatic carbocycles. The molecule has 1 saturated carbocycles. The van der Waals surface area contributed by atoms with Gasteiger partial charge in [-0.15, -0.1) is 0 Å². The van der Waals surface area contributed by atoms with E-state index in [1.54, 1.807) is 11.2 Å². The zero-order valence-corrected chi connectivity index (χ0v) is 15.6. The van der Waals surface area contributed by atoms with Gasteiger partial charge in [0.15, 0.2) is 0 Å². The Balaban J connectivity index is 1.68. The van der Waals surface area contributed by atoms with Crippen LogP contribution < -0.4 is 0 Å². The number of likely N-dealkylation sites (tertiary alicyclic amines) is 1. The van der Waals surface area contributed by atoms with Gasteiger partial charge in [0.1, 0.15) is 0 Å². The van der Waals surface area contributed by atoms with E-state index in [4.69, 9.17) is 4.74 Å². The molecule has 2 aliphatic heterocycles. The third-order valence-electron chi connectivity index (χ3n) is 5.87. The van der Waals surface area contributed by atoms with Crippen molar-refractivity contribution in [2.24, 2.45) is 23.7 Å². The minimum Gasteiger partial charge on any atom is -0.381 e. The summed E-state index contributed by atoms with van der Waals surface area (Å²) in [5.41, 5.74) is 0. The van der Waals surface area contributed by atoms with Crippen LogP contribution in [-0.4, -0.2) is 69.2 Å². The molecule has 0 aromatic carbocycles. The van der Waals surface area contributed by atoms with Crippen molar-refractivity contribution in [1.29, 1.82) is 0 Å². The van der Waals surface area contributed by atoms with E-state index < -0.39 is 10.0 Å². The molecule has 3 fully saturated rings. The number of amides is 1. The highest BCUT2D eigenvalue weighted by atomic mass is 32.2. The number of hydrogen-bond acceptors (Lipinski definition) is 4. The fourth-order valence-electron chi connectivity index (χ4n) is 4.14. The van der Waals surface area contributed by atoms with Gasteiger partial charge in [-0.25, -0.2) is 12.7 Å². The average Bonchev–Trinajstić information content (AvgIpc) is 3.37. The van der Waals surface area contributed by atoms with E-state index in [0.717, 1.165) is 25.5 Å². The first-order valence-electron chi connectivity index (χ1n) is 9.23. The summed E-state index contributed by atoms with van der Waals surface area (Å²) in [4.78, 5) is 14.4. The molecule has 0 aromatic rings. The molecule has 3 rings (SSSR count). The number of carbonyl (C=O) groups excluding carboxylic acids is 1. The average molecular weight is 359 g/mol. The summed E-state index contributed by atoms with van der Waals surface area (Å²) in [6.07, 6.45) is 3.95. The van der Waals surface area contributed by atoms with Gasteiger partial charge in [-0.05, 0) is 44.4 Å². The number of rotatable bonds is 6. The van der Waals surface area contributed by atoms with Crippen LogP contribution in [0, 0.1) is 23.7 Å². The van der Waals surface area contributed by atoms with E-state index in [0.29, 0.717) is 32.0 Å². The van der Waals surface area contributed by atoms with E-state index in [9.17, 15) is 13.2 Å². The molecule has 2 saturated heterocycles. The second kappa shape index (κ2) is 7.30. The molecule has 0 radical (unpaired) electrons. The van der Waals surface area contributed by atoms with Crippen LogP contribution in [0.5, 0.6) is 0 Å². The quantitative estimate of drug-likeness (QED) is 0.715. The van der Waals surface area contributed by atoms with Crippen molar-refractivity contribution in [3.63, 3.8) is 0 Å². The van der Waals surface area contributed by atoms with Crippen molar-refractivity contribution in [2.45, 2.75) is 32.6 Å². The molecule has 3 atom stereocenters. The van der Waals surface area contributed by atoms with Crippen molar-refractivity contribution in [3.8, 4) is 0 Å². The van der Waals surface area contributed by atoms with E-state index in [2.05, 4.69) is 0 Å². The highest BCUT2D eigenvalue weighted by Gasteiger charge is 2.43. The van der Waals surface area contributed by atoms with Crippen molar-refractivity contribution < 1.29 is 17.9 Å². The number of hydrogen-bond donors (Lipinski definition) is 0. The first kappa shape index (κ1) is 18.1. The maximum atomic E-state index is 12.6. The molecule has 0 unspecified atom stereocenters. The van der Waals surface area contributed by atoms with Gasteiger partial charge in [-0.1, -0.05) is 0 Å². The van der Waals surface area contributed by atoms with Crippen LogP contribution in [0.15, 0.2) is 0 Å². The molecular weight excluding hydrogens is 328 g/mol. The SMILES string of the molecule is CCS(=O)(=O)N1CC[C@@H]2[C@H](COCC3CC3)CN(C)C(=O)[C@@H]2CC1. The van der Waals surface area contributed by atoms with Gasteiger partial charge < -0.3 is 9.64 Å². The number of ether oxygens (including phenoxy) is 1. The molecule has 0 aromatic heterocycles. The molecular formula is C17H30N2O4S. The number of sulfonamides is 1. The van der Waals surface area contributed by atoms with Crippen LogP contribution >= 0.6 is 0 Å². The Hall–Kier alpha value is -0.660. The van der Waals surface area contributed by atoms with Gasteiger partial charge in [-0.3, -0.25) is 4.79 Å². The summed E-state index contributed by atoms with van der Waals surface area (Å²) in [6.45, 7) is 4.93. The number of carbonyl (C=O) groups is 1. The van der Waals surface area contributed by atoms with E-state index in [-0.39, 0.29) is 23.5 Å². The van der Waals surface area contributed by atoms with Crippen molar-refractivity contribution in [3.05, 3.63) is 0 Å². The number of fused-ring (bicyclic) bond motifs is 1. The van der Waals surface area contributed by atoms with Crippen molar-refractivity contribution in [2.75, 3.05) is 45.6 Å². The highest BCUT2D eigenvalue weighted by molar-refractivity contribution is 7.89. The molecule has 0 spiro atoms. The lowest BCUT2D eigenvalue weighted by atomic mass is 9.75. The van der Waals surface area contributed by atoms with Crippen LogP contribution in [0.1, 0.15) is 32.6 Å². The summed E-state index contributed by atoms with van der Waals surface area (Å²) in [7, 11) is -1.32. The van der Waals surface area contributed by atoms with Gasteiger partial charge in [0.2, 0.25) is 15.9 Å². The fraction of sp³-hybridized carbons (Fsp3) is 0.941. The molecule has 6 nitrogen and oxygen atoms in total. The summed E-state index contributed by atoms with van der Waals surface area (Å²) in [5, 5.41) is 0. The largest absolute Gasteiger partial charge is 0.381 e. The van der Waals surface area contributed by atoms with Gasteiger partial charge in [0, 0.05) is 45.1 Å². The van der Waals surface area contributed by atoms with Gasteiger partial charge in [-0.2, -0.15) is 0 Å². The first-order chi connectivity index (χ1) is 11.4. The van der Waals surface area contributed by atoms with Crippen LogP contribution in [0.3, 0.4) is 0 Å². The van der Waals surface area contributed by atoms with E-state index >= 15 is 0 Å². The standard InChI is InChI=1S/C17H30N2O4S/c1-3-24(21,22)19-8-6-15-14(12-23-11-13-4-5-13)10-18(2)17(20)16(15)7-9-19/h13-16H,3-12H2,1-2H3/t14-,15+,16+/m0/s1. The highest BCUT2D eigenvalue weighted by Crippen LogP contribution is 2.37. The van der Waals surface area contributed by atoms with Crippen LogP contribution in [0.4, 0.5) is 0 Å². The Bertz CT molecular complexity index is 561. The summed E-state index contributed by atoms with van der Waals surface area (Å²) >= 11 is 0. The second-order valence-corrected chi connectivity index (χ2v) is 9.86. The molecule has 3 aliphatic rings. The summed E-state index contributed by atoms with van der Waals surface area (Å²) in [6, 6.07) is 0. The fourth-order valence-corrected chi connectivity index (χ4v) is 5.27. The molecule has 0 bridgehead atoms. The predicted octanol–water partition coefficient (Wildman–Crippen LogP) is 1.18. The van der Waals surface area contributed by atoms with E-state index in [1.165, 1.54) is 12.8 Å². The lowest BCUT2D eigenvalue weighted by Gasteiger charge is -2.41. The molecule has 7 heteroatoms. The first-order valence-corrected chi connectivity index (χ1v) is 10.8. The zero-order valence-electron chi connectivity index (χ0n) is 14.8. The Morgan fingerprint density at radius 3 is 2.50 bits per heavy atom. The zero-order chi connectivity index (χ0) is 17.3. The monoisotopic (exact) mass is 358 g/mol. The minimum atomic E-state index is -3.18. The normalized spacial score (nSPS) is 32.5. The van der Waals surface area contributed by atoms with Crippen LogP contribution in [-0.2, 0) is 19.6 Å². The minimum absolute atomic E-state index is 0.0599. The molecule has 1 amide bonds. The maximum Gasteiger partial charge on any atom is 0.225 e. The Morgan fingerprint density at radius 2 is 1.83 bits per heavy atom. The molecule has 138 valence electrons. The van der Waals surface area contributed by atoms with Crippen LogP contribution in [0.25, 0.3) is 0 Å². The molecule has 24 heavy (non-hydrogen) atoms. The third-order valence-corrected chi connectivity index (χ3v) is 7.75. The Morgan fingerprint density at radius 1 is 1.12 bits per heavy atom. The topological polar surface area (TPSA) is 66.9 Å². The second-order valence-electron chi connectivity index (χ2n) is 7.61. The van der Waals surface area contributed by atoms with E-state index in [1.807, 2.05) is 11.9 Å².